The van der Waals surface area contributed by atoms with Gasteiger partial charge in [0.15, 0.2) is 0 Å². The highest BCUT2D eigenvalue weighted by Crippen LogP contribution is 2.34. The van der Waals surface area contributed by atoms with E-state index in [9.17, 15) is 9.59 Å². The normalized spacial score (nSPS) is 21.7. The third-order valence-corrected chi connectivity index (χ3v) is 4.26. The van der Waals surface area contributed by atoms with Gasteiger partial charge in [0.2, 0.25) is 11.8 Å². The Labute approximate surface area is 130 Å². The molecule has 2 heterocycles. The van der Waals surface area contributed by atoms with Gasteiger partial charge in [-0.15, -0.1) is 0 Å². The number of likely N-dealkylation sites (N-methyl/N-ethyl adjacent to an activating group) is 1. The molecule has 1 aromatic heterocycles. The summed E-state index contributed by atoms with van der Waals surface area (Å²) in [4.78, 5) is 33.9. The lowest BCUT2D eigenvalue weighted by molar-refractivity contribution is -0.133. The number of primary amides is 1. The molecule has 22 heavy (non-hydrogen) atoms. The van der Waals surface area contributed by atoms with E-state index in [1.54, 1.807) is 25.6 Å². The van der Waals surface area contributed by atoms with Crippen LogP contribution in [0.15, 0.2) is 18.6 Å². The molecule has 7 nitrogen and oxygen atoms in total. The first-order chi connectivity index (χ1) is 10.6. The lowest BCUT2D eigenvalue weighted by Gasteiger charge is -2.36. The van der Waals surface area contributed by atoms with E-state index < -0.39 is 11.4 Å². The van der Waals surface area contributed by atoms with Gasteiger partial charge in [0.1, 0.15) is 5.54 Å². The van der Waals surface area contributed by atoms with Crippen molar-refractivity contribution in [3.63, 3.8) is 0 Å². The van der Waals surface area contributed by atoms with Gasteiger partial charge in [0.05, 0.1) is 12.2 Å². The summed E-state index contributed by atoms with van der Waals surface area (Å²) in [6.07, 6.45) is 8.93. The van der Waals surface area contributed by atoms with E-state index in [1.165, 1.54) is 0 Å². The zero-order valence-corrected chi connectivity index (χ0v) is 12.9. The van der Waals surface area contributed by atoms with Crippen molar-refractivity contribution in [2.75, 3.05) is 20.1 Å². The van der Waals surface area contributed by atoms with Gasteiger partial charge < -0.3 is 11.1 Å². The van der Waals surface area contributed by atoms with Crippen LogP contribution in [0.1, 0.15) is 31.4 Å². The number of carbonyl (C=O) groups is 2. The van der Waals surface area contributed by atoms with Crippen LogP contribution in [-0.2, 0) is 16.0 Å². The summed E-state index contributed by atoms with van der Waals surface area (Å²) in [5.41, 5.74) is 5.60. The van der Waals surface area contributed by atoms with E-state index >= 15 is 0 Å². The van der Waals surface area contributed by atoms with Crippen molar-refractivity contribution in [3.8, 4) is 0 Å². The number of aryl methyl sites for hydroxylation is 1. The van der Waals surface area contributed by atoms with E-state index in [0.29, 0.717) is 6.42 Å². The summed E-state index contributed by atoms with van der Waals surface area (Å²) in [5, 5.41) is 2.74. The predicted molar refractivity (Wildman–Crippen MR) is 81.8 cm³/mol. The average Bonchev–Trinajstić information content (AvgIpc) is 2.90. The number of carbonyl (C=O) groups excluding carboxylic acids is 2. The van der Waals surface area contributed by atoms with Crippen LogP contribution in [0.3, 0.4) is 0 Å². The smallest absolute Gasteiger partial charge is 0.240 e. The number of rotatable bonds is 7. The van der Waals surface area contributed by atoms with E-state index in [1.807, 2.05) is 4.90 Å². The minimum atomic E-state index is -0.633. The van der Waals surface area contributed by atoms with Crippen LogP contribution in [-0.4, -0.2) is 52.4 Å². The Hall–Kier alpha value is -2.02. The molecule has 0 radical (unpaired) electrons. The fraction of sp³-hybridized carbons (Fsp3) is 0.600. The van der Waals surface area contributed by atoms with Crippen molar-refractivity contribution in [1.29, 1.82) is 0 Å². The Morgan fingerprint density at radius 2 is 2.27 bits per heavy atom. The first-order valence-electron chi connectivity index (χ1n) is 7.59. The molecule has 1 aliphatic heterocycles. The largest absolute Gasteiger partial charge is 0.369 e. The third-order valence-electron chi connectivity index (χ3n) is 4.26. The molecule has 0 unspecified atom stereocenters. The minimum absolute atomic E-state index is 0.0367. The second-order valence-electron chi connectivity index (χ2n) is 5.65. The molecule has 1 aliphatic rings. The van der Waals surface area contributed by atoms with E-state index in [4.69, 9.17) is 5.73 Å². The maximum Gasteiger partial charge on any atom is 0.240 e. The molecule has 1 aromatic rings. The van der Waals surface area contributed by atoms with Crippen LogP contribution in [0.5, 0.6) is 0 Å². The molecule has 3 N–H and O–H groups in total. The first kappa shape index (κ1) is 16.4. The molecular formula is C15H23N5O2. The van der Waals surface area contributed by atoms with E-state index in [0.717, 1.165) is 37.9 Å². The van der Waals surface area contributed by atoms with Gasteiger partial charge in [-0.05, 0) is 38.6 Å². The number of amides is 2. The number of likely N-dealkylation sites (tertiary alicyclic amines) is 1. The van der Waals surface area contributed by atoms with Crippen molar-refractivity contribution in [3.05, 3.63) is 24.3 Å². The van der Waals surface area contributed by atoms with E-state index in [-0.39, 0.29) is 12.5 Å². The number of nitrogens with two attached hydrogens (primary N) is 1. The van der Waals surface area contributed by atoms with Crippen molar-refractivity contribution in [2.24, 2.45) is 5.73 Å². The highest BCUT2D eigenvalue weighted by Gasteiger charge is 2.46. The van der Waals surface area contributed by atoms with Gasteiger partial charge in [0, 0.05) is 25.6 Å². The maximum absolute atomic E-state index is 12.4. The molecule has 1 atom stereocenters. The van der Waals surface area contributed by atoms with Crippen LogP contribution in [0.2, 0.25) is 0 Å². The zero-order chi connectivity index (χ0) is 16.0. The number of nitrogens with one attached hydrogen (secondary N) is 1. The summed E-state index contributed by atoms with van der Waals surface area (Å²) in [6, 6.07) is 0. The summed E-state index contributed by atoms with van der Waals surface area (Å²) in [5.74, 6) is -0.436. The van der Waals surface area contributed by atoms with Gasteiger partial charge in [-0.3, -0.25) is 24.5 Å². The van der Waals surface area contributed by atoms with E-state index in [2.05, 4.69) is 15.3 Å². The Kier molecular flexibility index (Phi) is 5.43. The topological polar surface area (TPSA) is 101 Å². The molecule has 120 valence electrons. The monoisotopic (exact) mass is 305 g/mol. The Balaban J connectivity index is 2.05. The highest BCUT2D eigenvalue weighted by molar-refractivity contribution is 5.87. The van der Waals surface area contributed by atoms with Gasteiger partial charge >= 0.3 is 0 Å². The molecule has 0 aliphatic carbocycles. The van der Waals surface area contributed by atoms with Crippen molar-refractivity contribution >= 4 is 11.8 Å². The average molecular weight is 305 g/mol. The molecule has 2 amide bonds. The Morgan fingerprint density at radius 3 is 2.91 bits per heavy atom. The lowest BCUT2D eigenvalue weighted by Crippen LogP contribution is -2.56. The summed E-state index contributed by atoms with van der Waals surface area (Å²) in [6.45, 7) is 0.847. The van der Waals surface area contributed by atoms with Crippen LogP contribution in [0.25, 0.3) is 0 Å². The number of hydrogen-bond acceptors (Lipinski definition) is 5. The number of hydrogen-bond donors (Lipinski definition) is 2. The van der Waals surface area contributed by atoms with Crippen LogP contribution in [0.4, 0.5) is 0 Å². The van der Waals surface area contributed by atoms with Crippen LogP contribution >= 0.6 is 0 Å². The summed E-state index contributed by atoms with van der Waals surface area (Å²) in [7, 11) is 1.63. The Bertz CT molecular complexity index is 522. The third kappa shape index (κ3) is 3.59. The van der Waals surface area contributed by atoms with Gasteiger partial charge in [-0.25, -0.2) is 0 Å². The summed E-state index contributed by atoms with van der Waals surface area (Å²) >= 11 is 0. The maximum atomic E-state index is 12.4. The number of aromatic nitrogens is 2. The second kappa shape index (κ2) is 7.31. The van der Waals surface area contributed by atoms with Crippen molar-refractivity contribution in [2.45, 2.75) is 37.6 Å². The first-order valence-corrected chi connectivity index (χ1v) is 7.59. The van der Waals surface area contributed by atoms with Crippen molar-refractivity contribution < 1.29 is 9.59 Å². The summed E-state index contributed by atoms with van der Waals surface area (Å²) < 4.78 is 0. The second-order valence-corrected chi connectivity index (χ2v) is 5.65. The zero-order valence-electron chi connectivity index (χ0n) is 12.9. The lowest BCUT2D eigenvalue weighted by atomic mass is 9.88. The molecule has 0 aromatic carbocycles. The predicted octanol–water partition coefficient (Wildman–Crippen LogP) is -0.135. The van der Waals surface area contributed by atoms with Crippen LogP contribution < -0.4 is 11.1 Å². The Morgan fingerprint density at radius 1 is 1.45 bits per heavy atom. The quantitative estimate of drug-likeness (QED) is 0.730. The highest BCUT2D eigenvalue weighted by atomic mass is 16.2. The molecular weight excluding hydrogens is 282 g/mol. The SMILES string of the molecule is CNC(=O)[C@]1(CCCc2cnccn2)CCCN1CC(N)=O. The van der Waals surface area contributed by atoms with Crippen molar-refractivity contribution in [1.82, 2.24) is 20.2 Å². The molecule has 0 saturated carbocycles. The number of nitrogens with zero attached hydrogens (tertiary/aromatic N) is 3. The molecule has 2 rings (SSSR count). The van der Waals surface area contributed by atoms with Crippen LogP contribution in [0, 0.1) is 0 Å². The standard InChI is InChI=1S/C15H23N5O2/c1-17-14(22)15(6-3-9-20(15)11-13(16)21)5-2-4-12-10-18-7-8-19-12/h7-8,10H,2-6,9,11H2,1H3,(H2,16,21)(H,17,22)/t15-/m0/s1. The molecule has 0 bridgehead atoms. The molecule has 1 fully saturated rings. The van der Waals surface area contributed by atoms with Gasteiger partial charge in [-0.2, -0.15) is 0 Å². The molecule has 7 heteroatoms. The van der Waals surface area contributed by atoms with Gasteiger partial charge in [-0.1, -0.05) is 0 Å². The minimum Gasteiger partial charge on any atom is -0.369 e. The molecule has 0 spiro atoms. The van der Waals surface area contributed by atoms with Gasteiger partial charge in [0.25, 0.3) is 0 Å². The molecule has 1 saturated heterocycles. The fourth-order valence-corrected chi connectivity index (χ4v) is 3.26. The fourth-order valence-electron chi connectivity index (χ4n) is 3.26.